The van der Waals surface area contributed by atoms with E-state index in [0.29, 0.717) is 0 Å². The molecule has 0 spiro atoms. The fraction of sp³-hybridized carbons (Fsp3) is 0.533. The molecule has 1 aromatic carbocycles. The summed E-state index contributed by atoms with van der Waals surface area (Å²) >= 11 is 0. The van der Waals surface area contributed by atoms with Gasteiger partial charge in [0.25, 0.3) is 0 Å². The van der Waals surface area contributed by atoms with Gasteiger partial charge in [0.1, 0.15) is 0 Å². The molecule has 2 rings (SSSR count). The number of carbonyl (C=O) groups excluding carboxylic acids is 1. The molecule has 19 heavy (non-hydrogen) atoms. The predicted molar refractivity (Wildman–Crippen MR) is 76.2 cm³/mol. The highest BCUT2D eigenvalue weighted by atomic mass is 16.3. The fourth-order valence-electron chi connectivity index (χ4n) is 2.31. The maximum absolute atomic E-state index is 11.5. The number of aliphatic hydroxyl groups excluding tert-OH is 1. The molecule has 104 valence electrons. The summed E-state index contributed by atoms with van der Waals surface area (Å²) in [6.07, 6.45) is 0.379. The van der Waals surface area contributed by atoms with E-state index in [0.717, 1.165) is 18.5 Å². The highest BCUT2D eigenvalue weighted by Crippen LogP contribution is 2.29. The van der Waals surface area contributed by atoms with Crippen molar-refractivity contribution in [2.24, 2.45) is 5.92 Å². The van der Waals surface area contributed by atoms with Crippen molar-refractivity contribution in [2.75, 3.05) is 25.0 Å². The average Bonchev–Trinajstić information content (AvgIpc) is 2.76. The van der Waals surface area contributed by atoms with Crippen LogP contribution in [-0.2, 0) is 11.2 Å². The van der Waals surface area contributed by atoms with Crippen molar-refractivity contribution in [3.05, 3.63) is 29.3 Å². The molecule has 0 aromatic heterocycles. The predicted octanol–water partition coefficient (Wildman–Crippen LogP) is 1.48. The van der Waals surface area contributed by atoms with Crippen LogP contribution in [0, 0.1) is 5.92 Å². The van der Waals surface area contributed by atoms with Crippen molar-refractivity contribution in [3.63, 3.8) is 0 Å². The zero-order valence-corrected chi connectivity index (χ0v) is 11.8. The van der Waals surface area contributed by atoms with Crippen molar-refractivity contribution in [3.8, 4) is 0 Å². The minimum Gasteiger partial charge on any atom is -0.387 e. The number of carbonyl (C=O) groups is 1. The Hall–Kier alpha value is -1.55. The molecule has 1 amide bonds. The Morgan fingerprint density at radius 3 is 2.89 bits per heavy atom. The van der Waals surface area contributed by atoms with Crippen molar-refractivity contribution >= 4 is 11.6 Å². The third-order valence-electron chi connectivity index (χ3n) is 3.61. The van der Waals surface area contributed by atoms with Crippen LogP contribution in [0.1, 0.15) is 31.1 Å². The number of nitrogens with one attached hydrogen (secondary N) is 1. The van der Waals surface area contributed by atoms with Gasteiger partial charge in [0.15, 0.2) is 0 Å². The van der Waals surface area contributed by atoms with Gasteiger partial charge in [0, 0.05) is 31.7 Å². The van der Waals surface area contributed by atoms with E-state index in [1.54, 1.807) is 0 Å². The lowest BCUT2D eigenvalue weighted by Crippen LogP contribution is -2.31. The van der Waals surface area contributed by atoms with Crippen LogP contribution in [-0.4, -0.2) is 31.2 Å². The van der Waals surface area contributed by atoms with E-state index in [1.165, 1.54) is 11.3 Å². The van der Waals surface area contributed by atoms with Gasteiger partial charge in [-0.15, -0.1) is 0 Å². The standard InChI is InChI=1S/C15H22N2O2/c1-10(2)15(19)16-9-14(18)12-4-5-13-11(8-12)6-7-17(13)3/h4-5,8,10,14,18H,6-7,9H2,1-3H3,(H,16,19). The zero-order valence-electron chi connectivity index (χ0n) is 11.8. The summed E-state index contributed by atoms with van der Waals surface area (Å²) in [5, 5.41) is 12.9. The molecule has 4 heteroatoms. The Balaban J connectivity index is 2.00. The monoisotopic (exact) mass is 262 g/mol. The number of nitrogens with zero attached hydrogens (tertiary/aromatic N) is 1. The van der Waals surface area contributed by atoms with E-state index in [4.69, 9.17) is 0 Å². The van der Waals surface area contributed by atoms with E-state index in [-0.39, 0.29) is 18.4 Å². The number of hydrogen-bond acceptors (Lipinski definition) is 3. The first-order valence-electron chi connectivity index (χ1n) is 6.78. The molecule has 1 heterocycles. The molecule has 0 saturated heterocycles. The molecule has 1 unspecified atom stereocenters. The van der Waals surface area contributed by atoms with Gasteiger partial charge >= 0.3 is 0 Å². The molecule has 0 saturated carbocycles. The summed E-state index contributed by atoms with van der Waals surface area (Å²) in [7, 11) is 2.07. The number of hydrogen-bond donors (Lipinski definition) is 2. The third kappa shape index (κ3) is 3.07. The number of benzene rings is 1. The first kappa shape index (κ1) is 13.9. The number of fused-ring (bicyclic) bond motifs is 1. The van der Waals surface area contributed by atoms with Crippen LogP contribution in [0.2, 0.25) is 0 Å². The largest absolute Gasteiger partial charge is 0.387 e. The lowest BCUT2D eigenvalue weighted by Gasteiger charge is -2.16. The number of rotatable bonds is 4. The lowest BCUT2D eigenvalue weighted by atomic mass is 10.0. The van der Waals surface area contributed by atoms with E-state index >= 15 is 0 Å². The van der Waals surface area contributed by atoms with Crippen LogP contribution in [0.25, 0.3) is 0 Å². The molecule has 1 aliphatic heterocycles. The summed E-state index contributed by atoms with van der Waals surface area (Å²) in [4.78, 5) is 13.7. The maximum Gasteiger partial charge on any atom is 0.222 e. The number of aliphatic hydroxyl groups is 1. The minimum atomic E-state index is -0.640. The van der Waals surface area contributed by atoms with Gasteiger partial charge in [-0.2, -0.15) is 0 Å². The van der Waals surface area contributed by atoms with Crippen LogP contribution >= 0.6 is 0 Å². The first-order chi connectivity index (χ1) is 8.99. The molecule has 4 nitrogen and oxygen atoms in total. The van der Waals surface area contributed by atoms with Crippen molar-refractivity contribution in [2.45, 2.75) is 26.4 Å². The smallest absolute Gasteiger partial charge is 0.222 e. The van der Waals surface area contributed by atoms with Crippen LogP contribution in [0.4, 0.5) is 5.69 Å². The SMILES string of the molecule is CC(C)C(=O)NCC(O)c1ccc2c(c1)CCN2C. The summed E-state index contributed by atoms with van der Waals surface area (Å²) in [6, 6.07) is 6.03. The molecule has 1 aliphatic rings. The maximum atomic E-state index is 11.5. The first-order valence-corrected chi connectivity index (χ1v) is 6.78. The Bertz CT molecular complexity index is 471. The summed E-state index contributed by atoms with van der Waals surface area (Å²) in [5.74, 6) is -0.0826. The molecular formula is C15H22N2O2. The van der Waals surface area contributed by atoms with Crippen LogP contribution in [0.15, 0.2) is 18.2 Å². The molecule has 1 atom stereocenters. The topological polar surface area (TPSA) is 52.6 Å². The summed E-state index contributed by atoms with van der Waals surface area (Å²) < 4.78 is 0. The van der Waals surface area contributed by atoms with E-state index in [1.807, 2.05) is 32.0 Å². The van der Waals surface area contributed by atoms with Crippen molar-refractivity contribution in [1.29, 1.82) is 0 Å². The molecular weight excluding hydrogens is 240 g/mol. The number of anilines is 1. The second-order valence-corrected chi connectivity index (χ2v) is 5.48. The highest BCUT2D eigenvalue weighted by molar-refractivity contribution is 5.77. The van der Waals surface area contributed by atoms with Gasteiger partial charge in [-0.1, -0.05) is 26.0 Å². The Morgan fingerprint density at radius 1 is 1.47 bits per heavy atom. The van der Waals surface area contributed by atoms with Gasteiger partial charge in [-0.05, 0) is 23.6 Å². The van der Waals surface area contributed by atoms with Gasteiger partial charge < -0.3 is 15.3 Å². The van der Waals surface area contributed by atoms with Crippen LogP contribution in [0.3, 0.4) is 0 Å². The zero-order chi connectivity index (χ0) is 14.0. The van der Waals surface area contributed by atoms with Crippen molar-refractivity contribution in [1.82, 2.24) is 5.32 Å². The Labute approximate surface area is 114 Å². The lowest BCUT2D eigenvalue weighted by molar-refractivity contribution is -0.124. The normalized spacial score (nSPS) is 15.5. The fourth-order valence-corrected chi connectivity index (χ4v) is 2.31. The van der Waals surface area contributed by atoms with E-state index < -0.39 is 6.10 Å². The van der Waals surface area contributed by atoms with Crippen LogP contribution in [0.5, 0.6) is 0 Å². The van der Waals surface area contributed by atoms with Gasteiger partial charge in [0.2, 0.25) is 5.91 Å². The molecule has 2 N–H and O–H groups in total. The molecule has 1 aromatic rings. The van der Waals surface area contributed by atoms with E-state index in [9.17, 15) is 9.90 Å². The second kappa shape index (κ2) is 5.61. The quantitative estimate of drug-likeness (QED) is 0.864. The summed E-state index contributed by atoms with van der Waals surface area (Å²) in [5.41, 5.74) is 3.38. The molecule has 0 radical (unpaired) electrons. The van der Waals surface area contributed by atoms with Gasteiger partial charge in [-0.3, -0.25) is 4.79 Å². The Morgan fingerprint density at radius 2 is 2.21 bits per heavy atom. The number of amides is 1. The van der Waals surface area contributed by atoms with Crippen molar-refractivity contribution < 1.29 is 9.90 Å². The third-order valence-corrected chi connectivity index (χ3v) is 3.61. The summed E-state index contributed by atoms with van der Waals surface area (Å²) in [6.45, 7) is 4.98. The van der Waals surface area contributed by atoms with Gasteiger partial charge in [-0.25, -0.2) is 0 Å². The van der Waals surface area contributed by atoms with Crippen LogP contribution < -0.4 is 10.2 Å². The highest BCUT2D eigenvalue weighted by Gasteiger charge is 2.18. The molecule has 0 bridgehead atoms. The number of likely N-dealkylation sites (N-methyl/N-ethyl adjacent to an activating group) is 1. The average molecular weight is 262 g/mol. The molecule has 0 fully saturated rings. The van der Waals surface area contributed by atoms with E-state index in [2.05, 4.69) is 17.3 Å². The molecule has 0 aliphatic carbocycles. The second-order valence-electron chi connectivity index (χ2n) is 5.48. The van der Waals surface area contributed by atoms with Gasteiger partial charge in [0.05, 0.1) is 6.10 Å². The minimum absolute atomic E-state index is 0.0278. The Kier molecular flexibility index (Phi) is 4.10.